The molecule has 2 amide bonds. The molecule has 1 fully saturated rings. The molecule has 0 saturated carbocycles. The number of carbonyl (C=O) groups is 2. The SMILES string of the molecule is C=C[C@@H](CC)C(=O)N1C[C@@H](C(=C)OC)C[C@H]1c1nc2c(ccc3cc4c(cc32)OCc2cc(-c3cnc([C@H](C)N(C(=O)CCC)[C@@H](C)CC)[nH]3)ccc2-4)[nH]1. The van der Waals surface area contributed by atoms with E-state index in [1.54, 1.807) is 13.2 Å². The van der Waals surface area contributed by atoms with Crippen molar-refractivity contribution in [2.45, 2.75) is 91.5 Å². The Morgan fingerprint density at radius 2 is 1.91 bits per heavy atom. The summed E-state index contributed by atoms with van der Waals surface area (Å²) in [7, 11) is 1.63. The van der Waals surface area contributed by atoms with Gasteiger partial charge in [0.05, 0.1) is 53.8 Å². The van der Waals surface area contributed by atoms with Crippen molar-refractivity contribution in [2.75, 3.05) is 13.7 Å². The molecule has 4 heterocycles. The van der Waals surface area contributed by atoms with Gasteiger partial charge >= 0.3 is 0 Å². The maximum Gasteiger partial charge on any atom is 0.230 e. The highest BCUT2D eigenvalue weighted by atomic mass is 16.5. The number of hydrogen-bond acceptors (Lipinski definition) is 6. The van der Waals surface area contributed by atoms with Crippen molar-refractivity contribution in [3.63, 3.8) is 0 Å². The first-order chi connectivity index (χ1) is 26.1. The Labute approximate surface area is 317 Å². The lowest BCUT2D eigenvalue weighted by Gasteiger charge is -2.33. The molecular formula is C44H52N6O4. The summed E-state index contributed by atoms with van der Waals surface area (Å²) < 4.78 is 11.9. The second kappa shape index (κ2) is 15.2. The molecular weight excluding hydrogens is 677 g/mol. The van der Waals surface area contributed by atoms with Gasteiger partial charge in [0.25, 0.3) is 0 Å². The van der Waals surface area contributed by atoms with Crippen LogP contribution >= 0.6 is 0 Å². The number of benzene rings is 3. The molecule has 2 N–H and O–H groups in total. The van der Waals surface area contributed by atoms with E-state index in [9.17, 15) is 9.59 Å². The van der Waals surface area contributed by atoms with Crippen LogP contribution in [-0.2, 0) is 20.9 Å². The zero-order valence-corrected chi connectivity index (χ0v) is 32.4. The fourth-order valence-electron chi connectivity index (χ4n) is 8.24. The Balaban J connectivity index is 1.18. The molecule has 10 heteroatoms. The number of carbonyl (C=O) groups excluding carboxylic acids is 2. The van der Waals surface area contributed by atoms with Crippen molar-refractivity contribution in [1.29, 1.82) is 0 Å². The summed E-state index contributed by atoms with van der Waals surface area (Å²) in [6.07, 6.45) is 7.18. The second-order valence-corrected chi connectivity index (χ2v) is 14.8. The summed E-state index contributed by atoms with van der Waals surface area (Å²) in [5.74, 6) is 2.98. The molecule has 0 unspecified atom stereocenters. The van der Waals surface area contributed by atoms with Crippen molar-refractivity contribution in [3.8, 4) is 28.1 Å². The Morgan fingerprint density at radius 1 is 1.09 bits per heavy atom. The largest absolute Gasteiger partial charge is 0.501 e. The fourth-order valence-corrected chi connectivity index (χ4v) is 8.24. The van der Waals surface area contributed by atoms with Gasteiger partial charge in [0.15, 0.2) is 0 Å². The van der Waals surface area contributed by atoms with Gasteiger partial charge in [0.2, 0.25) is 11.8 Å². The quantitative estimate of drug-likeness (QED) is 0.0922. The molecule has 282 valence electrons. The second-order valence-electron chi connectivity index (χ2n) is 14.8. The van der Waals surface area contributed by atoms with Gasteiger partial charge in [0, 0.05) is 35.9 Å². The Kier molecular flexibility index (Phi) is 10.4. The molecule has 0 bridgehead atoms. The van der Waals surface area contributed by atoms with Crippen LogP contribution in [0.25, 0.3) is 44.2 Å². The lowest BCUT2D eigenvalue weighted by atomic mass is 9.92. The molecule has 5 aromatic rings. The standard InChI is InChI=1S/C44H52N6O4/c1-9-13-40(51)50(25(5)10-2)26(6)42-45-22-37(47-42)30-14-16-33-32(18-30)24-54-39-21-34-29(19-35(33)39)15-17-36-41(34)48-43(46-36)38-20-31(27(7)53-8)23-49(38)44(52)28(11-3)12-4/h11,14-19,21-22,25-26,28,31,38H,3,7,9-10,12-13,20,23-24H2,1-2,4-6,8H3,(H,45,47)(H,46,48)/t25-,26-,28-,31-,38-/m0/s1. The van der Waals surface area contributed by atoms with Crippen LogP contribution in [0.3, 0.4) is 0 Å². The van der Waals surface area contributed by atoms with Crippen LogP contribution in [0, 0.1) is 11.8 Å². The van der Waals surface area contributed by atoms with Gasteiger partial charge in [-0.05, 0) is 85.9 Å². The monoisotopic (exact) mass is 728 g/mol. The van der Waals surface area contributed by atoms with E-state index in [-0.39, 0.29) is 41.8 Å². The van der Waals surface area contributed by atoms with Crippen molar-refractivity contribution in [1.82, 2.24) is 29.7 Å². The van der Waals surface area contributed by atoms with Crippen molar-refractivity contribution in [2.24, 2.45) is 11.8 Å². The molecule has 2 aliphatic rings. The first-order valence-corrected chi connectivity index (χ1v) is 19.3. The molecule has 54 heavy (non-hydrogen) atoms. The Bertz CT molecular complexity index is 2230. The van der Waals surface area contributed by atoms with E-state index in [0.717, 1.165) is 80.0 Å². The average Bonchev–Trinajstić information content (AvgIpc) is 3.96. The zero-order chi connectivity index (χ0) is 38.3. The summed E-state index contributed by atoms with van der Waals surface area (Å²) in [5.41, 5.74) is 6.93. The summed E-state index contributed by atoms with van der Waals surface area (Å²) in [6, 6.07) is 14.6. The van der Waals surface area contributed by atoms with Gasteiger partial charge in [-0.25, -0.2) is 9.97 Å². The maximum atomic E-state index is 13.7. The van der Waals surface area contributed by atoms with Gasteiger partial charge in [0.1, 0.15) is 24.0 Å². The minimum atomic E-state index is -0.261. The number of imidazole rings is 2. The number of aromatic amines is 2. The van der Waals surface area contributed by atoms with Crippen LogP contribution in [0.4, 0.5) is 0 Å². The van der Waals surface area contributed by atoms with E-state index in [2.05, 4.69) is 79.4 Å². The molecule has 5 atom stereocenters. The molecule has 0 spiro atoms. The van der Waals surface area contributed by atoms with Gasteiger partial charge in [-0.15, -0.1) is 6.58 Å². The lowest BCUT2D eigenvalue weighted by molar-refractivity contribution is -0.136. The van der Waals surface area contributed by atoms with Crippen LogP contribution in [0.15, 0.2) is 73.7 Å². The number of nitrogens with one attached hydrogen (secondary N) is 2. The number of aromatic nitrogens is 4. The van der Waals surface area contributed by atoms with E-state index in [1.807, 2.05) is 36.8 Å². The molecule has 1 saturated heterocycles. The highest BCUT2D eigenvalue weighted by Gasteiger charge is 2.41. The summed E-state index contributed by atoms with van der Waals surface area (Å²) in [5, 5.41) is 2.04. The van der Waals surface area contributed by atoms with E-state index < -0.39 is 0 Å². The van der Waals surface area contributed by atoms with Crippen LogP contribution in [-0.4, -0.2) is 61.2 Å². The molecule has 0 aliphatic carbocycles. The van der Waals surface area contributed by atoms with Crippen molar-refractivity contribution < 1.29 is 19.1 Å². The molecule has 2 aromatic heterocycles. The third-order valence-electron chi connectivity index (χ3n) is 11.6. The highest BCUT2D eigenvalue weighted by Crippen LogP contribution is 2.44. The Morgan fingerprint density at radius 3 is 2.63 bits per heavy atom. The minimum absolute atomic E-state index is 0.0114. The topological polar surface area (TPSA) is 116 Å². The van der Waals surface area contributed by atoms with Gasteiger partial charge in [-0.2, -0.15) is 0 Å². The normalized spacial score (nSPS) is 18.1. The predicted molar refractivity (Wildman–Crippen MR) is 214 cm³/mol. The van der Waals surface area contributed by atoms with Crippen LogP contribution in [0.2, 0.25) is 0 Å². The number of methoxy groups -OCH3 is 1. The van der Waals surface area contributed by atoms with E-state index in [1.165, 1.54) is 0 Å². The number of H-pyrrole nitrogens is 2. The first-order valence-electron chi connectivity index (χ1n) is 19.3. The van der Waals surface area contributed by atoms with E-state index >= 15 is 0 Å². The van der Waals surface area contributed by atoms with Crippen LogP contribution in [0.5, 0.6) is 5.75 Å². The lowest BCUT2D eigenvalue weighted by Crippen LogP contribution is -2.40. The van der Waals surface area contributed by atoms with Crippen molar-refractivity contribution in [3.05, 3.63) is 90.9 Å². The van der Waals surface area contributed by atoms with Crippen molar-refractivity contribution >= 4 is 33.6 Å². The van der Waals surface area contributed by atoms with Gasteiger partial charge in [-0.1, -0.05) is 51.6 Å². The first kappa shape index (κ1) is 37.0. The van der Waals surface area contributed by atoms with Gasteiger partial charge in [-0.3, -0.25) is 9.59 Å². The summed E-state index contributed by atoms with van der Waals surface area (Å²) in [4.78, 5) is 47.6. The van der Waals surface area contributed by atoms with Gasteiger partial charge < -0.3 is 29.2 Å². The number of hydrogen-bond donors (Lipinski definition) is 2. The number of ether oxygens (including phenoxy) is 2. The summed E-state index contributed by atoms with van der Waals surface area (Å²) in [6.45, 7) is 19.3. The Hall–Kier alpha value is -5.38. The molecule has 0 radical (unpaired) electrons. The van der Waals surface area contributed by atoms with E-state index in [0.29, 0.717) is 38.2 Å². The summed E-state index contributed by atoms with van der Waals surface area (Å²) >= 11 is 0. The minimum Gasteiger partial charge on any atom is -0.501 e. The predicted octanol–water partition coefficient (Wildman–Crippen LogP) is 9.42. The molecule has 3 aromatic carbocycles. The average molecular weight is 729 g/mol. The highest BCUT2D eigenvalue weighted by molar-refractivity contribution is 6.07. The van der Waals surface area contributed by atoms with E-state index in [4.69, 9.17) is 19.4 Å². The number of fused-ring (bicyclic) bond motifs is 6. The number of amides is 2. The molecule has 7 rings (SSSR count). The number of rotatable bonds is 13. The third-order valence-corrected chi connectivity index (χ3v) is 11.6. The fraction of sp³-hybridized carbons (Fsp3) is 0.409. The van der Waals surface area contributed by atoms with Crippen LogP contribution < -0.4 is 4.74 Å². The maximum absolute atomic E-state index is 13.7. The number of likely N-dealkylation sites (tertiary alicyclic amines) is 1. The molecule has 10 nitrogen and oxygen atoms in total. The smallest absolute Gasteiger partial charge is 0.230 e. The number of nitrogens with zero attached hydrogens (tertiary/aromatic N) is 4. The van der Waals surface area contributed by atoms with Crippen LogP contribution in [0.1, 0.15) is 96.0 Å². The zero-order valence-electron chi connectivity index (χ0n) is 32.4. The molecule has 2 aliphatic heterocycles. The third kappa shape index (κ3) is 6.56.